The average molecular weight is 341 g/mol. The van der Waals surface area contributed by atoms with E-state index in [0.29, 0.717) is 17.1 Å². The molecule has 25 heavy (non-hydrogen) atoms. The number of amides is 1. The number of aromatic nitrogens is 2. The number of hydrogen-bond donors (Lipinski definition) is 2. The van der Waals surface area contributed by atoms with Gasteiger partial charge in [0.25, 0.3) is 5.91 Å². The van der Waals surface area contributed by atoms with Gasteiger partial charge in [-0.15, -0.1) is 5.10 Å². The molecule has 3 N–H and O–H groups in total. The van der Waals surface area contributed by atoms with Crippen LogP contribution >= 0.6 is 0 Å². The Balaban J connectivity index is 2.04. The highest BCUT2D eigenvalue weighted by molar-refractivity contribution is 6.07. The van der Waals surface area contributed by atoms with Crippen LogP contribution in [0.3, 0.4) is 0 Å². The highest BCUT2D eigenvalue weighted by Gasteiger charge is 2.39. The third-order valence-electron chi connectivity index (χ3n) is 5.01. The van der Waals surface area contributed by atoms with Crippen molar-refractivity contribution in [2.24, 2.45) is 5.73 Å². The molecule has 2 heterocycles. The Morgan fingerprint density at radius 2 is 1.88 bits per heavy atom. The number of nitrogens with one attached hydrogen (secondary N) is 1. The largest absolute Gasteiger partial charge is 0.370 e. The molecule has 0 radical (unpaired) electrons. The van der Waals surface area contributed by atoms with Gasteiger partial charge in [-0.1, -0.05) is 12.1 Å². The van der Waals surface area contributed by atoms with Gasteiger partial charge in [-0.2, -0.15) is 5.10 Å². The third kappa shape index (κ3) is 3.44. The number of nitrogens with zero attached hydrogens (tertiary/aromatic N) is 3. The molecule has 0 atom stereocenters. The topological polar surface area (TPSA) is 84.1 Å². The van der Waals surface area contributed by atoms with E-state index in [1.807, 2.05) is 12.1 Å². The number of carbonyl (C=O) groups excluding carboxylic acids is 1. The molecular formula is C19H27N5O. The maximum atomic E-state index is 11.7. The first-order valence-electron chi connectivity index (χ1n) is 8.66. The Morgan fingerprint density at radius 3 is 2.48 bits per heavy atom. The molecule has 0 saturated carbocycles. The molecule has 134 valence electrons. The van der Waals surface area contributed by atoms with Crippen molar-refractivity contribution in [3.63, 3.8) is 0 Å². The molecule has 0 unspecified atom stereocenters. The summed E-state index contributed by atoms with van der Waals surface area (Å²) < 4.78 is 0. The van der Waals surface area contributed by atoms with Crippen LogP contribution in [-0.2, 0) is 0 Å². The summed E-state index contributed by atoms with van der Waals surface area (Å²) in [5, 5.41) is 12.9. The van der Waals surface area contributed by atoms with Crippen molar-refractivity contribution in [2.45, 2.75) is 57.7 Å². The second-order valence-electron chi connectivity index (χ2n) is 8.36. The monoisotopic (exact) mass is 341 g/mol. The van der Waals surface area contributed by atoms with Crippen molar-refractivity contribution >= 4 is 22.5 Å². The minimum Gasteiger partial charge on any atom is -0.370 e. The first-order chi connectivity index (χ1) is 11.6. The Bertz CT molecular complexity index is 799. The van der Waals surface area contributed by atoms with Gasteiger partial charge in [0.2, 0.25) is 0 Å². The number of benzene rings is 1. The lowest BCUT2D eigenvalue weighted by Crippen LogP contribution is -2.61. The first kappa shape index (κ1) is 17.6. The van der Waals surface area contributed by atoms with Gasteiger partial charge < -0.3 is 16.0 Å². The number of nitrogens with two attached hydrogens (primary N) is 1. The van der Waals surface area contributed by atoms with Gasteiger partial charge in [0.1, 0.15) is 5.52 Å². The first-order valence-corrected chi connectivity index (χ1v) is 8.66. The standard InChI is InChI=1S/C19H27N5O/c1-18(2)9-12(10-19(3,4)23-18)24(5)15-11-21-22-16-13(15)7-6-8-14(16)17(20)25/h6-8,11-12,23H,9-10H2,1-5H3,(H2,20,25). The summed E-state index contributed by atoms with van der Waals surface area (Å²) in [6.07, 6.45) is 3.81. The lowest BCUT2D eigenvalue weighted by Gasteiger charge is -2.49. The van der Waals surface area contributed by atoms with Crippen molar-refractivity contribution in [1.82, 2.24) is 15.5 Å². The highest BCUT2D eigenvalue weighted by atomic mass is 16.1. The molecule has 6 nitrogen and oxygen atoms in total. The Labute approximate surface area is 148 Å². The predicted molar refractivity (Wildman–Crippen MR) is 101 cm³/mol. The fourth-order valence-electron chi connectivity index (χ4n) is 4.29. The van der Waals surface area contributed by atoms with Gasteiger partial charge in [0.05, 0.1) is 17.4 Å². The number of primary amides is 1. The van der Waals surface area contributed by atoms with Gasteiger partial charge in [-0.05, 0) is 46.6 Å². The summed E-state index contributed by atoms with van der Waals surface area (Å²) in [4.78, 5) is 14.0. The van der Waals surface area contributed by atoms with E-state index in [0.717, 1.165) is 23.9 Å². The predicted octanol–water partition coefficient (Wildman–Crippen LogP) is 2.47. The average Bonchev–Trinajstić information content (AvgIpc) is 2.49. The van der Waals surface area contributed by atoms with Gasteiger partial charge in [-0.3, -0.25) is 4.79 Å². The van der Waals surface area contributed by atoms with Gasteiger partial charge >= 0.3 is 0 Å². The van der Waals surface area contributed by atoms with Crippen LogP contribution in [0.1, 0.15) is 50.9 Å². The van der Waals surface area contributed by atoms with Crippen LogP contribution < -0.4 is 16.0 Å². The SMILES string of the molecule is CN(c1cnnc2c(C(N)=O)cccc12)C1CC(C)(C)NC(C)(C)C1. The fourth-order valence-corrected chi connectivity index (χ4v) is 4.29. The van der Waals surface area contributed by atoms with Gasteiger partial charge in [-0.25, -0.2) is 0 Å². The van der Waals surface area contributed by atoms with Crippen molar-refractivity contribution in [3.05, 3.63) is 30.0 Å². The van der Waals surface area contributed by atoms with E-state index in [9.17, 15) is 4.79 Å². The van der Waals surface area contributed by atoms with Crippen LogP contribution in [0.15, 0.2) is 24.4 Å². The molecule has 1 aliphatic heterocycles. The van der Waals surface area contributed by atoms with Crippen LogP contribution in [0.4, 0.5) is 5.69 Å². The molecular weight excluding hydrogens is 314 g/mol. The van der Waals surface area contributed by atoms with Crippen molar-refractivity contribution < 1.29 is 4.79 Å². The summed E-state index contributed by atoms with van der Waals surface area (Å²) in [6.45, 7) is 8.96. The van der Waals surface area contributed by atoms with E-state index < -0.39 is 5.91 Å². The summed E-state index contributed by atoms with van der Waals surface area (Å²) >= 11 is 0. The summed E-state index contributed by atoms with van der Waals surface area (Å²) in [5.74, 6) is -0.483. The zero-order chi connectivity index (χ0) is 18.4. The van der Waals surface area contributed by atoms with E-state index in [2.05, 4.69) is 55.2 Å². The van der Waals surface area contributed by atoms with E-state index >= 15 is 0 Å². The molecule has 2 aromatic rings. The number of anilines is 1. The van der Waals surface area contributed by atoms with Gasteiger partial charge in [0.15, 0.2) is 0 Å². The lowest BCUT2D eigenvalue weighted by atomic mass is 9.79. The summed E-state index contributed by atoms with van der Waals surface area (Å²) in [5.41, 5.74) is 7.54. The minimum absolute atomic E-state index is 0.0509. The summed E-state index contributed by atoms with van der Waals surface area (Å²) in [7, 11) is 2.09. The van der Waals surface area contributed by atoms with E-state index in [1.165, 1.54) is 0 Å². The molecule has 0 spiro atoms. The fraction of sp³-hybridized carbons (Fsp3) is 0.526. The van der Waals surface area contributed by atoms with Crippen molar-refractivity contribution in [2.75, 3.05) is 11.9 Å². The Kier molecular flexibility index (Phi) is 4.19. The number of fused-ring (bicyclic) bond motifs is 1. The molecule has 1 amide bonds. The second kappa shape index (κ2) is 5.95. The quantitative estimate of drug-likeness (QED) is 0.896. The summed E-state index contributed by atoms with van der Waals surface area (Å²) in [6, 6.07) is 5.87. The minimum atomic E-state index is -0.483. The lowest BCUT2D eigenvalue weighted by molar-refractivity contribution is 0.100. The smallest absolute Gasteiger partial charge is 0.250 e. The maximum Gasteiger partial charge on any atom is 0.250 e. The number of carbonyl (C=O) groups is 1. The van der Waals surface area contributed by atoms with Crippen LogP contribution in [0.5, 0.6) is 0 Å². The van der Waals surface area contributed by atoms with Crippen molar-refractivity contribution in [3.8, 4) is 0 Å². The molecule has 1 aromatic heterocycles. The number of hydrogen-bond acceptors (Lipinski definition) is 5. The second-order valence-corrected chi connectivity index (χ2v) is 8.36. The van der Waals surface area contributed by atoms with E-state index in [-0.39, 0.29) is 11.1 Å². The molecule has 1 saturated heterocycles. The normalized spacial score (nSPS) is 19.7. The van der Waals surface area contributed by atoms with E-state index in [4.69, 9.17) is 5.73 Å². The van der Waals surface area contributed by atoms with E-state index in [1.54, 1.807) is 12.3 Å². The molecule has 6 heteroatoms. The molecule has 1 fully saturated rings. The van der Waals surface area contributed by atoms with Crippen LogP contribution in [0.25, 0.3) is 10.9 Å². The van der Waals surface area contributed by atoms with Crippen molar-refractivity contribution in [1.29, 1.82) is 0 Å². The maximum absolute atomic E-state index is 11.7. The highest BCUT2D eigenvalue weighted by Crippen LogP contribution is 2.35. The molecule has 0 aliphatic carbocycles. The third-order valence-corrected chi connectivity index (χ3v) is 5.01. The zero-order valence-electron chi connectivity index (χ0n) is 15.6. The molecule has 1 aliphatic rings. The zero-order valence-corrected chi connectivity index (χ0v) is 15.6. The Morgan fingerprint density at radius 1 is 1.24 bits per heavy atom. The Hall–Kier alpha value is -2.21. The molecule has 0 bridgehead atoms. The van der Waals surface area contributed by atoms with Crippen LogP contribution in [0.2, 0.25) is 0 Å². The number of rotatable bonds is 3. The molecule has 1 aromatic carbocycles. The van der Waals surface area contributed by atoms with Gasteiger partial charge in [0, 0.05) is 29.6 Å². The number of piperidine rings is 1. The van der Waals surface area contributed by atoms with Crippen LogP contribution in [-0.4, -0.2) is 40.3 Å². The molecule has 3 rings (SSSR count). The van der Waals surface area contributed by atoms with Crippen LogP contribution in [0, 0.1) is 0 Å².